The van der Waals surface area contributed by atoms with Crippen LogP contribution in [0.3, 0.4) is 0 Å². The highest BCUT2D eigenvalue weighted by atomic mass is 35.5. The molecule has 2 rings (SSSR count). The molecular weight excluding hydrogens is 331 g/mol. The van der Waals surface area contributed by atoms with Gasteiger partial charge < -0.3 is 10.2 Å². The third-order valence-electron chi connectivity index (χ3n) is 3.48. The average Bonchev–Trinajstić information content (AvgIpc) is 2.53. The maximum absolute atomic E-state index is 12.4. The number of amides is 1. The van der Waals surface area contributed by atoms with E-state index in [-0.39, 0.29) is 24.4 Å². The number of benzene rings is 2. The number of hydrogen-bond donors (Lipinski definition) is 1. The fourth-order valence-electron chi connectivity index (χ4n) is 2.24. The summed E-state index contributed by atoms with van der Waals surface area (Å²) in [4.78, 5) is 14.5. The Bertz CT molecular complexity index is 600. The van der Waals surface area contributed by atoms with Gasteiger partial charge in [-0.2, -0.15) is 0 Å². The number of nitrogens with zero attached hydrogens (tertiary/aromatic N) is 1. The maximum Gasteiger partial charge on any atom is 0.251 e. The Morgan fingerprint density at radius 1 is 1.09 bits per heavy atom. The second-order valence-electron chi connectivity index (χ2n) is 5.54. The Morgan fingerprint density at radius 2 is 1.70 bits per heavy atom. The molecule has 0 fully saturated rings. The van der Waals surface area contributed by atoms with Crippen LogP contribution in [0.1, 0.15) is 28.4 Å². The topological polar surface area (TPSA) is 32.3 Å². The highest BCUT2D eigenvalue weighted by molar-refractivity contribution is 6.30. The van der Waals surface area contributed by atoms with Crippen molar-refractivity contribution in [1.82, 2.24) is 10.2 Å². The first-order valence-electron chi connectivity index (χ1n) is 7.32. The predicted molar refractivity (Wildman–Crippen MR) is 98.5 cm³/mol. The number of carbonyl (C=O) groups excluding carboxylic acids is 1. The first-order chi connectivity index (χ1) is 10.6. The van der Waals surface area contributed by atoms with Crippen molar-refractivity contribution < 1.29 is 4.79 Å². The maximum atomic E-state index is 12.4. The van der Waals surface area contributed by atoms with Gasteiger partial charge in [0.25, 0.3) is 5.91 Å². The van der Waals surface area contributed by atoms with Gasteiger partial charge in [0.1, 0.15) is 0 Å². The Labute approximate surface area is 149 Å². The van der Waals surface area contributed by atoms with Crippen LogP contribution in [0.4, 0.5) is 0 Å². The molecule has 1 atom stereocenters. The van der Waals surface area contributed by atoms with Gasteiger partial charge in [0, 0.05) is 10.6 Å². The van der Waals surface area contributed by atoms with E-state index in [9.17, 15) is 4.79 Å². The van der Waals surface area contributed by atoms with Gasteiger partial charge in [-0.05, 0) is 56.9 Å². The van der Waals surface area contributed by atoms with Gasteiger partial charge >= 0.3 is 0 Å². The number of carbonyl (C=O) groups is 1. The zero-order valence-corrected chi connectivity index (χ0v) is 14.9. The minimum absolute atomic E-state index is 0. The molecular formula is C18H22Cl2N2O. The Balaban J connectivity index is 0.00000264. The molecule has 0 saturated carbocycles. The van der Waals surface area contributed by atoms with E-state index in [0.717, 1.165) is 18.5 Å². The van der Waals surface area contributed by atoms with Crippen molar-refractivity contribution in [2.75, 3.05) is 20.6 Å². The second kappa shape index (κ2) is 9.56. The minimum Gasteiger partial charge on any atom is -0.345 e. The van der Waals surface area contributed by atoms with Crippen molar-refractivity contribution >= 4 is 29.9 Å². The van der Waals surface area contributed by atoms with Crippen molar-refractivity contribution in [3.05, 3.63) is 70.7 Å². The summed E-state index contributed by atoms with van der Waals surface area (Å²) in [5.41, 5.74) is 1.74. The van der Waals surface area contributed by atoms with E-state index in [1.54, 1.807) is 0 Å². The lowest BCUT2D eigenvalue weighted by atomic mass is 10.0. The summed E-state index contributed by atoms with van der Waals surface area (Å²) in [7, 11) is 4.05. The third kappa shape index (κ3) is 6.22. The zero-order chi connectivity index (χ0) is 15.9. The summed E-state index contributed by atoms with van der Waals surface area (Å²) in [6.45, 7) is 0.891. The minimum atomic E-state index is -0.0562. The summed E-state index contributed by atoms with van der Waals surface area (Å²) < 4.78 is 0. The van der Waals surface area contributed by atoms with Gasteiger partial charge in [-0.3, -0.25) is 4.79 Å². The van der Waals surface area contributed by atoms with Crippen LogP contribution in [0.25, 0.3) is 0 Å². The van der Waals surface area contributed by atoms with E-state index in [4.69, 9.17) is 11.6 Å². The SMILES string of the molecule is CN(C)CCC(NC(=O)c1ccccc1)c1ccc(Cl)cc1.Cl. The Kier molecular flexibility index (Phi) is 8.10. The fourth-order valence-corrected chi connectivity index (χ4v) is 2.36. The van der Waals surface area contributed by atoms with Gasteiger partial charge in [0.2, 0.25) is 0 Å². The lowest BCUT2D eigenvalue weighted by Crippen LogP contribution is -2.31. The van der Waals surface area contributed by atoms with Crippen LogP contribution in [0, 0.1) is 0 Å². The van der Waals surface area contributed by atoms with Crippen LogP contribution >= 0.6 is 24.0 Å². The number of halogens is 2. The monoisotopic (exact) mass is 352 g/mol. The van der Waals surface area contributed by atoms with Gasteiger partial charge in [0.15, 0.2) is 0 Å². The van der Waals surface area contributed by atoms with Gasteiger partial charge in [-0.15, -0.1) is 12.4 Å². The second-order valence-corrected chi connectivity index (χ2v) is 5.97. The molecule has 0 spiro atoms. The van der Waals surface area contributed by atoms with Gasteiger partial charge in [-0.1, -0.05) is 41.9 Å². The van der Waals surface area contributed by atoms with Crippen molar-refractivity contribution in [2.45, 2.75) is 12.5 Å². The van der Waals surface area contributed by atoms with E-state index in [0.29, 0.717) is 10.6 Å². The fraction of sp³-hybridized carbons (Fsp3) is 0.278. The number of rotatable bonds is 6. The molecule has 0 aliphatic carbocycles. The lowest BCUT2D eigenvalue weighted by Gasteiger charge is -2.21. The smallest absolute Gasteiger partial charge is 0.251 e. The van der Waals surface area contributed by atoms with E-state index >= 15 is 0 Å². The predicted octanol–water partition coefficient (Wildman–Crippen LogP) is 4.18. The summed E-state index contributed by atoms with van der Waals surface area (Å²) >= 11 is 5.95. The number of nitrogens with one attached hydrogen (secondary N) is 1. The van der Waals surface area contributed by atoms with Crippen LogP contribution < -0.4 is 5.32 Å². The molecule has 5 heteroatoms. The molecule has 0 heterocycles. The standard InChI is InChI=1S/C18H21ClN2O.ClH/c1-21(2)13-12-17(14-8-10-16(19)11-9-14)20-18(22)15-6-4-3-5-7-15;/h3-11,17H,12-13H2,1-2H3,(H,20,22);1H. The van der Waals surface area contributed by atoms with Gasteiger partial charge in [-0.25, -0.2) is 0 Å². The van der Waals surface area contributed by atoms with Crippen LogP contribution in [-0.2, 0) is 0 Å². The third-order valence-corrected chi connectivity index (χ3v) is 3.73. The van der Waals surface area contributed by atoms with Crippen molar-refractivity contribution in [3.63, 3.8) is 0 Å². The van der Waals surface area contributed by atoms with Crippen LogP contribution in [0.15, 0.2) is 54.6 Å². The molecule has 0 aromatic heterocycles. The van der Waals surface area contributed by atoms with Gasteiger partial charge in [0.05, 0.1) is 6.04 Å². The van der Waals surface area contributed by atoms with E-state index in [2.05, 4.69) is 10.2 Å². The van der Waals surface area contributed by atoms with Crippen molar-refractivity contribution in [3.8, 4) is 0 Å². The largest absolute Gasteiger partial charge is 0.345 e. The highest BCUT2D eigenvalue weighted by Crippen LogP contribution is 2.20. The quantitative estimate of drug-likeness (QED) is 0.845. The Hall–Kier alpha value is -1.55. The summed E-state index contributed by atoms with van der Waals surface area (Å²) in [5.74, 6) is -0.0562. The first-order valence-corrected chi connectivity index (χ1v) is 7.70. The van der Waals surface area contributed by atoms with E-state index in [1.165, 1.54) is 0 Å². The lowest BCUT2D eigenvalue weighted by molar-refractivity contribution is 0.0932. The van der Waals surface area contributed by atoms with Crippen LogP contribution in [0.5, 0.6) is 0 Å². The molecule has 1 unspecified atom stereocenters. The molecule has 1 N–H and O–H groups in total. The van der Waals surface area contributed by atoms with Crippen molar-refractivity contribution in [2.24, 2.45) is 0 Å². The molecule has 0 aliphatic rings. The number of hydrogen-bond acceptors (Lipinski definition) is 2. The van der Waals surface area contributed by atoms with E-state index < -0.39 is 0 Å². The summed E-state index contributed by atoms with van der Waals surface area (Å²) in [6, 6.07) is 16.9. The zero-order valence-electron chi connectivity index (χ0n) is 13.3. The first kappa shape index (κ1) is 19.5. The molecule has 1 amide bonds. The molecule has 124 valence electrons. The molecule has 0 saturated heterocycles. The van der Waals surface area contributed by atoms with E-state index in [1.807, 2.05) is 68.7 Å². The summed E-state index contributed by atoms with van der Waals surface area (Å²) in [6.07, 6.45) is 0.840. The average molecular weight is 353 g/mol. The molecule has 2 aromatic carbocycles. The summed E-state index contributed by atoms with van der Waals surface area (Å²) in [5, 5.41) is 3.81. The Morgan fingerprint density at radius 3 is 2.26 bits per heavy atom. The highest BCUT2D eigenvalue weighted by Gasteiger charge is 2.16. The van der Waals surface area contributed by atoms with Crippen LogP contribution in [0.2, 0.25) is 5.02 Å². The molecule has 0 aliphatic heterocycles. The van der Waals surface area contributed by atoms with Crippen molar-refractivity contribution in [1.29, 1.82) is 0 Å². The molecule has 3 nitrogen and oxygen atoms in total. The molecule has 0 radical (unpaired) electrons. The van der Waals surface area contributed by atoms with Crippen LogP contribution in [-0.4, -0.2) is 31.4 Å². The normalized spacial score (nSPS) is 11.7. The molecule has 2 aromatic rings. The molecule has 23 heavy (non-hydrogen) atoms. The molecule has 0 bridgehead atoms.